The first-order valence-electron chi connectivity index (χ1n) is 5.13. The van der Waals surface area contributed by atoms with Gasteiger partial charge in [0.2, 0.25) is 5.89 Å². The Kier molecular flexibility index (Phi) is 3.61. The van der Waals surface area contributed by atoms with E-state index in [4.69, 9.17) is 21.1 Å². The lowest BCUT2D eigenvalue weighted by molar-refractivity contribution is 0.282. The minimum atomic E-state index is -0.310. The van der Waals surface area contributed by atoms with E-state index in [-0.39, 0.29) is 12.0 Å². The highest BCUT2D eigenvalue weighted by molar-refractivity contribution is 6.20. The monoisotopic (exact) mass is 253 g/mol. The summed E-state index contributed by atoms with van der Waals surface area (Å²) in [6, 6.07) is 7.55. The summed E-state index contributed by atoms with van der Waals surface area (Å²) < 4.78 is 5.29. The molecule has 1 aromatic heterocycles. The molecule has 5 nitrogen and oxygen atoms in total. The van der Waals surface area contributed by atoms with Crippen LogP contribution in [0.2, 0.25) is 0 Å². The van der Waals surface area contributed by atoms with Crippen molar-refractivity contribution in [3.63, 3.8) is 0 Å². The van der Waals surface area contributed by atoms with E-state index < -0.39 is 0 Å². The van der Waals surface area contributed by atoms with Crippen molar-refractivity contribution in [2.45, 2.75) is 18.9 Å². The second kappa shape index (κ2) is 5.16. The molecule has 0 aliphatic carbocycles. The van der Waals surface area contributed by atoms with Gasteiger partial charge in [-0.3, -0.25) is 0 Å². The lowest BCUT2D eigenvalue weighted by atomic mass is 10.2. The van der Waals surface area contributed by atoms with Crippen LogP contribution in [0.1, 0.15) is 23.8 Å². The minimum Gasteiger partial charge on any atom is -0.406 e. The van der Waals surface area contributed by atoms with Gasteiger partial charge in [0, 0.05) is 5.69 Å². The first-order valence-corrected chi connectivity index (χ1v) is 5.57. The molecule has 0 aliphatic heterocycles. The Labute approximate surface area is 103 Å². The number of rotatable bonds is 4. The number of benzene rings is 1. The summed E-state index contributed by atoms with van der Waals surface area (Å²) in [6.07, 6.45) is 0. The topological polar surface area (TPSA) is 71.2 Å². The largest absolute Gasteiger partial charge is 0.406 e. The second-order valence-electron chi connectivity index (χ2n) is 3.54. The molecule has 1 unspecified atom stereocenters. The molecular weight excluding hydrogens is 242 g/mol. The van der Waals surface area contributed by atoms with Gasteiger partial charge in [-0.05, 0) is 24.6 Å². The van der Waals surface area contributed by atoms with E-state index >= 15 is 0 Å². The van der Waals surface area contributed by atoms with Crippen LogP contribution in [-0.2, 0) is 6.61 Å². The molecular formula is C11H12ClN3O2. The smallest absolute Gasteiger partial charge is 0.320 e. The van der Waals surface area contributed by atoms with Gasteiger partial charge < -0.3 is 14.8 Å². The van der Waals surface area contributed by atoms with E-state index in [9.17, 15) is 0 Å². The molecule has 1 atom stereocenters. The number of hydrogen-bond acceptors (Lipinski definition) is 5. The zero-order valence-corrected chi connectivity index (χ0v) is 9.98. The molecule has 1 aromatic carbocycles. The van der Waals surface area contributed by atoms with Gasteiger partial charge in [-0.2, -0.15) is 0 Å². The first-order chi connectivity index (χ1) is 8.19. The van der Waals surface area contributed by atoms with Crippen molar-refractivity contribution >= 4 is 23.3 Å². The SMILES string of the molecule is CC(Cl)c1nnc(Nc2ccc(CO)cc2)o1. The van der Waals surface area contributed by atoms with Gasteiger partial charge in [-0.15, -0.1) is 16.7 Å². The van der Waals surface area contributed by atoms with Crippen LogP contribution in [0, 0.1) is 0 Å². The highest BCUT2D eigenvalue weighted by atomic mass is 35.5. The predicted molar refractivity (Wildman–Crippen MR) is 64.2 cm³/mol. The van der Waals surface area contributed by atoms with Crippen LogP contribution >= 0.6 is 11.6 Å². The highest BCUT2D eigenvalue weighted by Gasteiger charge is 2.10. The van der Waals surface area contributed by atoms with Gasteiger partial charge in [-0.1, -0.05) is 17.2 Å². The summed E-state index contributed by atoms with van der Waals surface area (Å²) in [5.74, 6) is 0.376. The van der Waals surface area contributed by atoms with Crippen LogP contribution in [0.3, 0.4) is 0 Å². The summed E-state index contributed by atoms with van der Waals surface area (Å²) in [4.78, 5) is 0. The van der Waals surface area contributed by atoms with Crippen molar-refractivity contribution < 1.29 is 9.52 Å². The minimum absolute atomic E-state index is 0.0226. The van der Waals surface area contributed by atoms with Crippen molar-refractivity contribution in [2.24, 2.45) is 0 Å². The van der Waals surface area contributed by atoms with Crippen molar-refractivity contribution in [2.75, 3.05) is 5.32 Å². The van der Waals surface area contributed by atoms with Crippen molar-refractivity contribution in [3.05, 3.63) is 35.7 Å². The van der Waals surface area contributed by atoms with Crippen LogP contribution < -0.4 is 5.32 Å². The van der Waals surface area contributed by atoms with Crippen molar-refractivity contribution in [3.8, 4) is 0 Å². The fourth-order valence-electron chi connectivity index (χ4n) is 1.26. The Bertz CT molecular complexity index is 482. The van der Waals surface area contributed by atoms with Gasteiger partial charge in [0.15, 0.2) is 0 Å². The third-order valence-electron chi connectivity index (χ3n) is 2.17. The normalized spacial score (nSPS) is 12.4. The molecule has 6 heteroatoms. The lowest BCUT2D eigenvalue weighted by Gasteiger charge is -2.01. The Morgan fingerprint density at radius 3 is 2.59 bits per heavy atom. The average Bonchev–Trinajstić information content (AvgIpc) is 2.79. The molecule has 90 valence electrons. The standard InChI is InChI=1S/C11H12ClN3O2/c1-7(12)10-14-15-11(17-10)13-9-4-2-8(6-16)3-5-9/h2-5,7,16H,6H2,1H3,(H,13,15). The lowest BCUT2D eigenvalue weighted by Crippen LogP contribution is -1.91. The number of anilines is 2. The van der Waals surface area contributed by atoms with Crippen LogP contribution in [0.25, 0.3) is 0 Å². The van der Waals surface area contributed by atoms with Crippen LogP contribution in [0.4, 0.5) is 11.7 Å². The van der Waals surface area contributed by atoms with E-state index in [0.717, 1.165) is 11.3 Å². The predicted octanol–water partition coefficient (Wildman–Crippen LogP) is 2.61. The number of aliphatic hydroxyl groups is 1. The van der Waals surface area contributed by atoms with E-state index in [1.807, 2.05) is 24.3 Å². The molecule has 0 saturated carbocycles. The second-order valence-corrected chi connectivity index (χ2v) is 4.20. The molecule has 2 rings (SSSR count). The Balaban J connectivity index is 2.08. The van der Waals surface area contributed by atoms with Crippen LogP contribution in [0.5, 0.6) is 0 Å². The molecule has 0 fully saturated rings. The van der Waals surface area contributed by atoms with Crippen LogP contribution in [-0.4, -0.2) is 15.3 Å². The summed E-state index contributed by atoms with van der Waals surface area (Å²) in [5.41, 5.74) is 1.65. The molecule has 2 N–H and O–H groups in total. The maximum atomic E-state index is 8.91. The highest BCUT2D eigenvalue weighted by Crippen LogP contribution is 2.21. The molecule has 0 saturated heterocycles. The Morgan fingerprint density at radius 1 is 1.35 bits per heavy atom. The third kappa shape index (κ3) is 2.95. The van der Waals surface area contributed by atoms with E-state index in [1.54, 1.807) is 6.92 Å². The number of halogens is 1. The number of aromatic nitrogens is 2. The zero-order chi connectivity index (χ0) is 12.3. The average molecular weight is 254 g/mol. The zero-order valence-electron chi connectivity index (χ0n) is 9.22. The maximum absolute atomic E-state index is 8.91. The van der Waals surface area contributed by atoms with E-state index in [2.05, 4.69) is 15.5 Å². The van der Waals surface area contributed by atoms with E-state index in [0.29, 0.717) is 11.9 Å². The quantitative estimate of drug-likeness (QED) is 0.820. The third-order valence-corrected chi connectivity index (χ3v) is 2.36. The van der Waals surface area contributed by atoms with Gasteiger partial charge in [-0.25, -0.2) is 0 Å². The molecule has 0 spiro atoms. The van der Waals surface area contributed by atoms with Gasteiger partial charge in [0.05, 0.1) is 6.61 Å². The maximum Gasteiger partial charge on any atom is 0.320 e. The Morgan fingerprint density at radius 2 is 2.06 bits per heavy atom. The number of nitrogens with zero attached hydrogens (tertiary/aromatic N) is 2. The number of alkyl halides is 1. The molecule has 0 radical (unpaired) electrons. The number of hydrogen-bond donors (Lipinski definition) is 2. The van der Waals surface area contributed by atoms with Crippen molar-refractivity contribution in [1.82, 2.24) is 10.2 Å². The molecule has 0 bridgehead atoms. The fraction of sp³-hybridized carbons (Fsp3) is 0.273. The number of nitrogens with one attached hydrogen (secondary N) is 1. The van der Waals surface area contributed by atoms with Gasteiger partial charge >= 0.3 is 6.01 Å². The molecule has 0 amide bonds. The van der Waals surface area contributed by atoms with E-state index in [1.165, 1.54) is 0 Å². The summed E-state index contributed by atoms with van der Waals surface area (Å²) >= 11 is 5.81. The Hall–Kier alpha value is -1.59. The molecule has 17 heavy (non-hydrogen) atoms. The van der Waals surface area contributed by atoms with Gasteiger partial charge in [0.1, 0.15) is 5.38 Å². The molecule has 2 aromatic rings. The van der Waals surface area contributed by atoms with Gasteiger partial charge in [0.25, 0.3) is 0 Å². The summed E-state index contributed by atoms with van der Waals surface area (Å²) in [6.45, 7) is 1.78. The number of aliphatic hydroxyl groups excluding tert-OH is 1. The molecule has 0 aliphatic rings. The first kappa shape index (κ1) is 11.9. The summed E-state index contributed by atoms with van der Waals surface area (Å²) in [5, 5.41) is 19.2. The molecule has 1 heterocycles. The van der Waals surface area contributed by atoms with Crippen molar-refractivity contribution in [1.29, 1.82) is 0 Å². The van der Waals surface area contributed by atoms with Crippen LogP contribution in [0.15, 0.2) is 28.7 Å². The summed E-state index contributed by atoms with van der Waals surface area (Å²) in [7, 11) is 0. The fourth-order valence-corrected chi connectivity index (χ4v) is 1.35.